The van der Waals surface area contributed by atoms with E-state index in [2.05, 4.69) is 20.5 Å². The zero-order valence-electron chi connectivity index (χ0n) is 14.0. The second-order valence-electron chi connectivity index (χ2n) is 6.20. The van der Waals surface area contributed by atoms with Gasteiger partial charge in [0.2, 0.25) is 5.91 Å². The lowest BCUT2D eigenvalue weighted by Crippen LogP contribution is -2.56. The molecule has 1 aromatic carbocycles. The van der Waals surface area contributed by atoms with Gasteiger partial charge in [0.25, 0.3) is 0 Å². The SMILES string of the molecule is O=C1C(Cc2ccc(Cl)cc2)NCCN1c1cc(-c2ccncc2)n[nH]1. The fourth-order valence-electron chi connectivity index (χ4n) is 3.11. The van der Waals surface area contributed by atoms with Crippen LogP contribution >= 0.6 is 11.6 Å². The van der Waals surface area contributed by atoms with Crippen molar-refractivity contribution in [2.45, 2.75) is 12.5 Å². The number of aromatic nitrogens is 3. The van der Waals surface area contributed by atoms with E-state index in [9.17, 15) is 4.79 Å². The molecule has 3 aromatic rings. The number of rotatable bonds is 4. The van der Waals surface area contributed by atoms with Gasteiger partial charge in [-0.3, -0.25) is 19.8 Å². The van der Waals surface area contributed by atoms with Crippen LogP contribution in [0.2, 0.25) is 5.02 Å². The second-order valence-corrected chi connectivity index (χ2v) is 6.64. The highest BCUT2D eigenvalue weighted by Gasteiger charge is 2.30. The quantitative estimate of drug-likeness (QED) is 0.743. The van der Waals surface area contributed by atoms with E-state index < -0.39 is 0 Å². The van der Waals surface area contributed by atoms with Crippen LogP contribution in [-0.2, 0) is 11.2 Å². The number of halogens is 1. The molecule has 4 rings (SSSR count). The largest absolute Gasteiger partial charge is 0.304 e. The Balaban J connectivity index is 1.51. The fraction of sp³-hybridized carbons (Fsp3) is 0.211. The molecule has 6 nitrogen and oxygen atoms in total. The molecule has 0 saturated carbocycles. The summed E-state index contributed by atoms with van der Waals surface area (Å²) in [6.07, 6.45) is 4.07. The van der Waals surface area contributed by atoms with E-state index in [0.717, 1.165) is 23.4 Å². The number of carbonyl (C=O) groups is 1. The Morgan fingerprint density at radius 2 is 1.92 bits per heavy atom. The van der Waals surface area contributed by atoms with Gasteiger partial charge in [-0.25, -0.2) is 0 Å². The van der Waals surface area contributed by atoms with Crippen molar-refractivity contribution in [3.8, 4) is 11.3 Å². The smallest absolute Gasteiger partial charge is 0.245 e. The first-order valence-electron chi connectivity index (χ1n) is 8.46. The van der Waals surface area contributed by atoms with Gasteiger partial charge >= 0.3 is 0 Å². The first kappa shape index (κ1) is 16.8. The molecular weight excluding hydrogens is 350 g/mol. The first-order chi connectivity index (χ1) is 12.7. The second kappa shape index (κ2) is 7.27. The van der Waals surface area contributed by atoms with Gasteiger partial charge in [-0.15, -0.1) is 0 Å². The molecule has 7 heteroatoms. The van der Waals surface area contributed by atoms with Gasteiger partial charge in [-0.05, 0) is 36.2 Å². The third-order valence-electron chi connectivity index (χ3n) is 4.47. The summed E-state index contributed by atoms with van der Waals surface area (Å²) in [5.74, 6) is 0.751. The number of hydrogen-bond donors (Lipinski definition) is 2. The molecule has 1 fully saturated rings. The Morgan fingerprint density at radius 1 is 1.15 bits per heavy atom. The summed E-state index contributed by atoms with van der Waals surface area (Å²) in [6, 6.07) is 13.0. The average Bonchev–Trinajstić information content (AvgIpc) is 3.16. The molecule has 0 aliphatic carbocycles. The molecule has 0 bridgehead atoms. The lowest BCUT2D eigenvalue weighted by atomic mass is 10.0. The van der Waals surface area contributed by atoms with Gasteiger partial charge in [0.1, 0.15) is 5.82 Å². The third kappa shape index (κ3) is 3.47. The van der Waals surface area contributed by atoms with Crippen LogP contribution in [0.15, 0.2) is 54.9 Å². The van der Waals surface area contributed by atoms with E-state index in [1.165, 1.54) is 0 Å². The molecule has 0 radical (unpaired) electrons. The summed E-state index contributed by atoms with van der Waals surface area (Å²) in [5, 5.41) is 11.3. The van der Waals surface area contributed by atoms with Gasteiger partial charge in [0, 0.05) is 42.1 Å². The van der Waals surface area contributed by atoms with E-state index in [0.29, 0.717) is 23.8 Å². The predicted molar refractivity (Wildman–Crippen MR) is 101 cm³/mol. The first-order valence-corrected chi connectivity index (χ1v) is 8.83. The van der Waals surface area contributed by atoms with E-state index in [1.54, 1.807) is 17.3 Å². The van der Waals surface area contributed by atoms with Crippen molar-refractivity contribution < 1.29 is 4.79 Å². The molecular formula is C19H18ClN5O. The average molecular weight is 368 g/mol. The minimum absolute atomic E-state index is 0.0381. The van der Waals surface area contributed by atoms with Crippen molar-refractivity contribution in [1.82, 2.24) is 20.5 Å². The summed E-state index contributed by atoms with van der Waals surface area (Å²) in [6.45, 7) is 1.33. The van der Waals surface area contributed by atoms with Crippen LogP contribution in [-0.4, -0.2) is 40.2 Å². The van der Waals surface area contributed by atoms with Crippen LogP contribution in [0.1, 0.15) is 5.56 Å². The van der Waals surface area contributed by atoms with Crippen molar-refractivity contribution in [2.75, 3.05) is 18.0 Å². The summed E-state index contributed by atoms with van der Waals surface area (Å²) in [5.41, 5.74) is 2.83. The van der Waals surface area contributed by atoms with Crippen LogP contribution in [0.25, 0.3) is 11.3 Å². The number of piperazine rings is 1. The Bertz CT molecular complexity index is 894. The molecule has 2 N–H and O–H groups in total. The number of nitrogens with one attached hydrogen (secondary N) is 2. The van der Waals surface area contributed by atoms with E-state index in [4.69, 9.17) is 11.6 Å². The molecule has 1 amide bonds. The highest BCUT2D eigenvalue weighted by molar-refractivity contribution is 6.30. The maximum atomic E-state index is 12.9. The third-order valence-corrected chi connectivity index (χ3v) is 4.73. The number of H-pyrrole nitrogens is 1. The molecule has 0 spiro atoms. The van der Waals surface area contributed by atoms with E-state index in [-0.39, 0.29) is 11.9 Å². The Kier molecular flexibility index (Phi) is 4.69. The predicted octanol–water partition coefficient (Wildman–Crippen LogP) is 2.67. The zero-order valence-corrected chi connectivity index (χ0v) is 14.8. The minimum Gasteiger partial charge on any atom is -0.304 e. The Morgan fingerprint density at radius 3 is 2.69 bits per heavy atom. The van der Waals surface area contributed by atoms with Gasteiger partial charge in [0.15, 0.2) is 0 Å². The topological polar surface area (TPSA) is 73.9 Å². The molecule has 2 aromatic heterocycles. The molecule has 132 valence electrons. The fourth-order valence-corrected chi connectivity index (χ4v) is 3.24. The van der Waals surface area contributed by atoms with E-state index in [1.807, 2.05) is 42.5 Å². The lowest BCUT2D eigenvalue weighted by molar-refractivity contribution is -0.121. The maximum Gasteiger partial charge on any atom is 0.245 e. The molecule has 1 unspecified atom stereocenters. The standard InChI is InChI=1S/C19H18ClN5O/c20-15-3-1-13(2-4-15)11-17-19(26)25(10-9-22-17)18-12-16(23-24-18)14-5-7-21-8-6-14/h1-8,12,17,22H,9-11H2,(H,23,24). The Hall–Kier alpha value is -2.70. The van der Waals surface area contributed by atoms with Crippen molar-refractivity contribution in [3.63, 3.8) is 0 Å². The van der Waals surface area contributed by atoms with Crippen molar-refractivity contribution >= 4 is 23.3 Å². The summed E-state index contributed by atoms with van der Waals surface area (Å²) < 4.78 is 0. The summed E-state index contributed by atoms with van der Waals surface area (Å²) >= 11 is 5.93. The van der Waals surface area contributed by atoms with Crippen molar-refractivity contribution in [1.29, 1.82) is 0 Å². The van der Waals surface area contributed by atoms with E-state index >= 15 is 0 Å². The number of aromatic amines is 1. The van der Waals surface area contributed by atoms with Crippen LogP contribution < -0.4 is 10.2 Å². The Labute approximate surface area is 156 Å². The highest BCUT2D eigenvalue weighted by atomic mass is 35.5. The number of hydrogen-bond acceptors (Lipinski definition) is 4. The number of carbonyl (C=O) groups excluding carboxylic acids is 1. The zero-order chi connectivity index (χ0) is 17.9. The number of amides is 1. The minimum atomic E-state index is -0.266. The van der Waals surface area contributed by atoms with Gasteiger partial charge in [0.05, 0.1) is 11.7 Å². The highest BCUT2D eigenvalue weighted by Crippen LogP contribution is 2.23. The summed E-state index contributed by atoms with van der Waals surface area (Å²) in [4.78, 5) is 18.7. The van der Waals surface area contributed by atoms with Crippen LogP contribution in [0.4, 0.5) is 5.82 Å². The molecule has 1 aliphatic heterocycles. The van der Waals surface area contributed by atoms with Crippen molar-refractivity contribution in [3.05, 3.63) is 65.4 Å². The molecule has 1 atom stereocenters. The monoisotopic (exact) mass is 367 g/mol. The molecule has 26 heavy (non-hydrogen) atoms. The van der Waals surface area contributed by atoms with Crippen molar-refractivity contribution in [2.24, 2.45) is 0 Å². The lowest BCUT2D eigenvalue weighted by Gasteiger charge is -2.32. The van der Waals surface area contributed by atoms with Gasteiger partial charge in [-0.1, -0.05) is 23.7 Å². The summed E-state index contributed by atoms with van der Waals surface area (Å²) in [7, 11) is 0. The maximum absolute atomic E-state index is 12.9. The van der Waals surface area contributed by atoms with Crippen LogP contribution in [0.3, 0.4) is 0 Å². The molecule has 3 heterocycles. The number of anilines is 1. The normalized spacial score (nSPS) is 17.5. The number of pyridine rings is 1. The number of benzene rings is 1. The van der Waals surface area contributed by atoms with Gasteiger partial charge in [-0.2, -0.15) is 5.10 Å². The van der Waals surface area contributed by atoms with Crippen LogP contribution in [0, 0.1) is 0 Å². The molecule has 1 saturated heterocycles. The van der Waals surface area contributed by atoms with Gasteiger partial charge < -0.3 is 5.32 Å². The van der Waals surface area contributed by atoms with Crippen LogP contribution in [0.5, 0.6) is 0 Å². The number of nitrogens with zero attached hydrogens (tertiary/aromatic N) is 3. The molecule has 1 aliphatic rings.